The lowest BCUT2D eigenvalue weighted by atomic mass is 9.89. The Morgan fingerprint density at radius 2 is 1.83 bits per heavy atom. The quantitative estimate of drug-likeness (QED) is 0.556. The molecule has 2 saturated carbocycles. The maximum Gasteiger partial charge on any atom is 0.272 e. The van der Waals surface area contributed by atoms with Crippen molar-refractivity contribution in [3.05, 3.63) is 59.9 Å². The molecule has 3 unspecified atom stereocenters. The number of aromatic nitrogens is 1. The molecule has 0 bridgehead atoms. The van der Waals surface area contributed by atoms with Crippen molar-refractivity contribution in [1.82, 2.24) is 10.3 Å². The van der Waals surface area contributed by atoms with Gasteiger partial charge < -0.3 is 15.3 Å². The first-order valence-electron chi connectivity index (χ1n) is 13.4. The molecule has 36 heavy (non-hydrogen) atoms. The van der Waals surface area contributed by atoms with Gasteiger partial charge in [0.05, 0.1) is 29.1 Å². The molecule has 2 fully saturated rings. The molecule has 3 aliphatic rings. The van der Waals surface area contributed by atoms with Crippen LogP contribution in [0.1, 0.15) is 69.0 Å². The number of para-hydroxylation sites is 1. The van der Waals surface area contributed by atoms with Crippen molar-refractivity contribution in [2.75, 3.05) is 11.9 Å². The van der Waals surface area contributed by atoms with Gasteiger partial charge in [-0.25, -0.2) is 4.99 Å². The molecule has 0 spiro atoms. The standard InChI is InChI=1S/C29H36N4O3/c1-33-24-12-5-4-10-21(24)26(23-11-6-7-17-30-23)31-27(29(33)36)32-28(35)22(18-20-13-14-20)25(34)16-15-19-8-2-3-9-19/h4-7,10-12,17,19-20,22,25,27,34H,2-3,8-9,13-16,18H2,1H3,(H,32,35). The van der Waals surface area contributed by atoms with Gasteiger partial charge in [0, 0.05) is 18.8 Å². The minimum absolute atomic E-state index is 0.289. The summed E-state index contributed by atoms with van der Waals surface area (Å²) >= 11 is 0. The number of anilines is 1. The SMILES string of the molecule is CN1C(=O)C(NC(=O)C(CC2CC2)C(O)CCC2CCCC2)N=C(c2ccccn2)c2ccccc21. The number of nitrogens with zero attached hydrogens (tertiary/aromatic N) is 3. The average Bonchev–Trinajstić information content (AvgIpc) is 3.60. The fourth-order valence-electron chi connectivity index (χ4n) is 5.62. The summed E-state index contributed by atoms with van der Waals surface area (Å²) < 4.78 is 0. The van der Waals surface area contributed by atoms with Gasteiger partial charge in [0.25, 0.3) is 5.91 Å². The van der Waals surface area contributed by atoms with E-state index in [1.54, 1.807) is 18.1 Å². The first-order valence-corrected chi connectivity index (χ1v) is 13.4. The average molecular weight is 489 g/mol. The number of aliphatic hydroxyl groups excluding tert-OH is 1. The van der Waals surface area contributed by atoms with Gasteiger partial charge in [-0.3, -0.25) is 14.6 Å². The van der Waals surface area contributed by atoms with Crippen LogP contribution in [0.15, 0.2) is 53.7 Å². The Balaban J connectivity index is 1.39. The highest BCUT2D eigenvalue weighted by Crippen LogP contribution is 2.38. The molecule has 7 heteroatoms. The summed E-state index contributed by atoms with van der Waals surface area (Å²) in [4.78, 5) is 37.8. The Kier molecular flexibility index (Phi) is 7.46. The minimum atomic E-state index is -1.09. The van der Waals surface area contributed by atoms with Crippen molar-refractivity contribution in [1.29, 1.82) is 0 Å². The summed E-state index contributed by atoms with van der Waals surface area (Å²) in [5.41, 5.74) is 2.71. The summed E-state index contributed by atoms with van der Waals surface area (Å²) in [6, 6.07) is 13.1. The summed E-state index contributed by atoms with van der Waals surface area (Å²) in [5, 5.41) is 14.0. The van der Waals surface area contributed by atoms with Crippen LogP contribution in [0, 0.1) is 17.8 Å². The molecular formula is C29H36N4O3. The second kappa shape index (κ2) is 10.9. The number of aliphatic imine (C=N–C) groups is 1. The fourth-order valence-corrected chi connectivity index (χ4v) is 5.62. The van der Waals surface area contributed by atoms with Crippen LogP contribution >= 0.6 is 0 Å². The van der Waals surface area contributed by atoms with Crippen molar-refractivity contribution >= 4 is 23.2 Å². The Labute approximate surface area is 213 Å². The molecule has 2 aromatic rings. The minimum Gasteiger partial charge on any atom is -0.392 e. The van der Waals surface area contributed by atoms with E-state index in [0.29, 0.717) is 36.1 Å². The molecule has 190 valence electrons. The van der Waals surface area contributed by atoms with Crippen molar-refractivity contribution < 1.29 is 14.7 Å². The first kappa shape index (κ1) is 24.6. The molecule has 2 aliphatic carbocycles. The van der Waals surface area contributed by atoms with Crippen LogP contribution in [0.3, 0.4) is 0 Å². The van der Waals surface area contributed by atoms with E-state index in [2.05, 4.69) is 10.3 Å². The van der Waals surface area contributed by atoms with Crippen LogP contribution in [0.2, 0.25) is 0 Å². The molecule has 2 heterocycles. The molecule has 2 N–H and O–H groups in total. The highest BCUT2D eigenvalue weighted by atomic mass is 16.3. The van der Waals surface area contributed by atoms with Gasteiger partial charge in [-0.05, 0) is 49.3 Å². The first-order chi connectivity index (χ1) is 17.5. The maximum atomic E-state index is 13.6. The van der Waals surface area contributed by atoms with Crippen LogP contribution < -0.4 is 10.2 Å². The topological polar surface area (TPSA) is 94.9 Å². The van der Waals surface area contributed by atoms with E-state index in [1.165, 1.54) is 25.7 Å². The number of rotatable bonds is 9. The lowest BCUT2D eigenvalue weighted by Gasteiger charge is -2.26. The second-order valence-corrected chi connectivity index (χ2v) is 10.6. The summed E-state index contributed by atoms with van der Waals surface area (Å²) in [6.45, 7) is 0. The molecule has 1 aromatic heterocycles. The highest BCUT2D eigenvalue weighted by Gasteiger charge is 2.37. The molecular weight excluding hydrogens is 452 g/mol. The predicted molar refractivity (Wildman–Crippen MR) is 140 cm³/mol. The van der Waals surface area contributed by atoms with E-state index < -0.39 is 18.2 Å². The predicted octanol–water partition coefficient (Wildman–Crippen LogP) is 4.09. The van der Waals surface area contributed by atoms with Gasteiger partial charge in [-0.1, -0.05) is 62.8 Å². The van der Waals surface area contributed by atoms with E-state index in [0.717, 1.165) is 30.5 Å². The molecule has 2 amide bonds. The van der Waals surface area contributed by atoms with Crippen LogP contribution in [0.5, 0.6) is 0 Å². The van der Waals surface area contributed by atoms with Gasteiger partial charge in [-0.15, -0.1) is 0 Å². The van der Waals surface area contributed by atoms with Gasteiger partial charge in [0.15, 0.2) is 0 Å². The number of benzodiazepines with no additional fused rings is 1. The van der Waals surface area contributed by atoms with Crippen LogP contribution in [0.4, 0.5) is 5.69 Å². The number of likely N-dealkylation sites (N-methyl/N-ethyl adjacent to an activating group) is 1. The number of pyridine rings is 1. The van der Waals surface area contributed by atoms with Crippen LogP contribution in [-0.4, -0.2) is 46.9 Å². The molecule has 5 rings (SSSR count). The van der Waals surface area contributed by atoms with E-state index in [1.807, 2.05) is 42.5 Å². The lowest BCUT2D eigenvalue weighted by molar-refractivity contribution is -0.133. The zero-order valence-corrected chi connectivity index (χ0v) is 21.0. The van der Waals surface area contributed by atoms with Crippen LogP contribution in [0.25, 0.3) is 0 Å². The monoisotopic (exact) mass is 488 g/mol. The lowest BCUT2D eigenvalue weighted by Crippen LogP contribution is -2.49. The molecule has 1 aliphatic heterocycles. The Morgan fingerprint density at radius 1 is 1.08 bits per heavy atom. The third-order valence-corrected chi connectivity index (χ3v) is 7.96. The zero-order chi connectivity index (χ0) is 25.1. The molecule has 0 radical (unpaired) electrons. The van der Waals surface area contributed by atoms with E-state index in [4.69, 9.17) is 4.99 Å². The van der Waals surface area contributed by atoms with Crippen molar-refractivity contribution in [3.63, 3.8) is 0 Å². The van der Waals surface area contributed by atoms with Gasteiger partial charge in [0.1, 0.15) is 0 Å². The van der Waals surface area contributed by atoms with E-state index in [-0.39, 0.29) is 11.8 Å². The number of benzene rings is 1. The third-order valence-electron chi connectivity index (χ3n) is 7.96. The smallest absolute Gasteiger partial charge is 0.272 e. The summed E-state index contributed by atoms with van der Waals surface area (Å²) in [5.74, 6) is 0.00256. The fraction of sp³-hybridized carbons (Fsp3) is 0.517. The number of aliphatic hydroxyl groups is 1. The summed E-state index contributed by atoms with van der Waals surface area (Å²) in [7, 11) is 1.70. The number of amides is 2. The molecule has 1 aromatic carbocycles. The Hall–Kier alpha value is -3.06. The van der Waals surface area contributed by atoms with E-state index >= 15 is 0 Å². The summed E-state index contributed by atoms with van der Waals surface area (Å²) in [6.07, 6.45) is 9.32. The molecule has 7 nitrogen and oxygen atoms in total. The van der Waals surface area contributed by atoms with Crippen molar-refractivity contribution in [3.8, 4) is 0 Å². The molecule has 0 saturated heterocycles. The Bertz CT molecular complexity index is 1110. The number of fused-ring (bicyclic) bond motifs is 1. The second-order valence-electron chi connectivity index (χ2n) is 10.6. The number of nitrogens with one attached hydrogen (secondary N) is 1. The third kappa shape index (κ3) is 5.51. The Morgan fingerprint density at radius 3 is 2.56 bits per heavy atom. The highest BCUT2D eigenvalue weighted by molar-refractivity contribution is 6.19. The number of carbonyl (C=O) groups excluding carboxylic acids is 2. The number of hydrogen-bond donors (Lipinski definition) is 2. The maximum absolute atomic E-state index is 13.6. The number of carbonyl (C=O) groups is 2. The van der Waals surface area contributed by atoms with Gasteiger partial charge >= 0.3 is 0 Å². The number of hydrogen-bond acceptors (Lipinski definition) is 5. The normalized spacial score (nSPS) is 21.9. The molecule has 3 atom stereocenters. The van der Waals surface area contributed by atoms with Crippen LogP contribution in [-0.2, 0) is 9.59 Å². The largest absolute Gasteiger partial charge is 0.392 e. The van der Waals surface area contributed by atoms with Gasteiger partial charge in [-0.2, -0.15) is 0 Å². The van der Waals surface area contributed by atoms with E-state index in [9.17, 15) is 14.7 Å². The van der Waals surface area contributed by atoms with Crippen molar-refractivity contribution in [2.24, 2.45) is 22.7 Å². The van der Waals surface area contributed by atoms with Crippen molar-refractivity contribution in [2.45, 2.75) is 70.1 Å². The zero-order valence-electron chi connectivity index (χ0n) is 21.0. The van der Waals surface area contributed by atoms with Gasteiger partial charge in [0.2, 0.25) is 12.1 Å².